The lowest BCUT2D eigenvalue weighted by molar-refractivity contribution is 0.355. The van der Waals surface area contributed by atoms with E-state index in [0.717, 1.165) is 5.56 Å². The summed E-state index contributed by atoms with van der Waals surface area (Å²) in [7, 11) is -0.610. The molecule has 1 N–H and O–H groups in total. The molecule has 0 atom stereocenters. The summed E-state index contributed by atoms with van der Waals surface area (Å²) >= 11 is 0. The van der Waals surface area contributed by atoms with Crippen LogP contribution in [0.15, 0.2) is 52.5 Å². The molecule has 2 aromatic carbocycles. The Morgan fingerprint density at radius 1 is 1.00 bits per heavy atom. The third-order valence-corrected chi connectivity index (χ3v) is 4.36. The van der Waals surface area contributed by atoms with Crippen LogP contribution in [-0.4, -0.2) is 28.9 Å². The lowest BCUT2D eigenvalue weighted by Gasteiger charge is -2.07. The van der Waals surface area contributed by atoms with Crippen LogP contribution >= 0.6 is 0 Å². The molecule has 122 valence electrons. The zero-order valence-electron chi connectivity index (χ0n) is 13.1. The summed E-state index contributed by atoms with van der Waals surface area (Å²) < 4.78 is 34.5. The predicted octanol–water partition coefficient (Wildman–Crippen LogP) is 2.32. The van der Waals surface area contributed by atoms with E-state index in [9.17, 15) is 8.42 Å². The van der Waals surface area contributed by atoms with Gasteiger partial charge in [-0.2, -0.15) is 13.5 Å². The first-order valence-electron chi connectivity index (χ1n) is 6.80. The Kier molecular flexibility index (Phi) is 5.23. The number of benzene rings is 2. The number of hydrogen-bond donors (Lipinski definition) is 1. The van der Waals surface area contributed by atoms with Crippen molar-refractivity contribution in [3.63, 3.8) is 0 Å². The number of nitrogens with zero attached hydrogens (tertiary/aromatic N) is 1. The van der Waals surface area contributed by atoms with Crippen LogP contribution in [0.25, 0.3) is 0 Å². The topological polar surface area (TPSA) is 77.0 Å². The largest absolute Gasteiger partial charge is 0.493 e. The van der Waals surface area contributed by atoms with Crippen LogP contribution in [0, 0.1) is 6.92 Å². The summed E-state index contributed by atoms with van der Waals surface area (Å²) in [6.07, 6.45) is 1.40. The average Bonchev–Trinajstić information content (AvgIpc) is 2.55. The van der Waals surface area contributed by atoms with Crippen LogP contribution in [-0.2, 0) is 10.0 Å². The fraction of sp³-hybridized carbons (Fsp3) is 0.188. The lowest BCUT2D eigenvalue weighted by atomic mass is 10.2. The number of sulfonamides is 1. The van der Waals surface area contributed by atoms with Gasteiger partial charge in [-0.25, -0.2) is 4.83 Å². The van der Waals surface area contributed by atoms with Crippen molar-refractivity contribution in [1.29, 1.82) is 0 Å². The monoisotopic (exact) mass is 334 g/mol. The third kappa shape index (κ3) is 4.23. The molecular formula is C16H18N2O4S. The molecule has 0 amide bonds. The van der Waals surface area contributed by atoms with Gasteiger partial charge in [-0.1, -0.05) is 17.7 Å². The van der Waals surface area contributed by atoms with Crippen molar-refractivity contribution in [2.45, 2.75) is 11.8 Å². The molecule has 0 saturated heterocycles. The number of nitrogens with one attached hydrogen (secondary N) is 1. The molecule has 0 aliphatic heterocycles. The second-order valence-corrected chi connectivity index (χ2v) is 6.44. The van der Waals surface area contributed by atoms with Crippen molar-refractivity contribution >= 4 is 16.2 Å². The van der Waals surface area contributed by atoms with Crippen molar-refractivity contribution in [1.82, 2.24) is 4.83 Å². The summed E-state index contributed by atoms with van der Waals surface area (Å²) in [6, 6.07) is 11.7. The molecule has 6 nitrogen and oxygen atoms in total. The van der Waals surface area contributed by atoms with E-state index in [2.05, 4.69) is 9.93 Å². The van der Waals surface area contributed by atoms with Crippen LogP contribution in [0.1, 0.15) is 11.1 Å². The van der Waals surface area contributed by atoms with Gasteiger partial charge in [-0.15, -0.1) is 0 Å². The van der Waals surface area contributed by atoms with Crippen LogP contribution < -0.4 is 14.3 Å². The molecule has 0 fully saturated rings. The summed E-state index contributed by atoms with van der Waals surface area (Å²) in [5, 5.41) is 3.78. The molecule has 7 heteroatoms. The second kappa shape index (κ2) is 7.15. The van der Waals surface area contributed by atoms with Crippen molar-refractivity contribution in [2.24, 2.45) is 5.10 Å². The molecule has 0 saturated carbocycles. The van der Waals surface area contributed by atoms with Gasteiger partial charge in [-0.05, 0) is 42.8 Å². The third-order valence-electron chi connectivity index (χ3n) is 3.13. The average molecular weight is 334 g/mol. The zero-order chi connectivity index (χ0) is 16.9. The van der Waals surface area contributed by atoms with Crippen LogP contribution in [0.5, 0.6) is 11.5 Å². The Labute approximate surface area is 135 Å². The predicted molar refractivity (Wildman–Crippen MR) is 88.6 cm³/mol. The van der Waals surface area contributed by atoms with E-state index in [4.69, 9.17) is 9.47 Å². The maximum atomic E-state index is 12.1. The van der Waals surface area contributed by atoms with Gasteiger partial charge in [0.1, 0.15) is 0 Å². The Bertz CT molecular complexity index is 799. The Morgan fingerprint density at radius 2 is 1.65 bits per heavy atom. The van der Waals surface area contributed by atoms with Gasteiger partial charge in [0.15, 0.2) is 11.5 Å². The molecule has 0 radical (unpaired) electrons. The summed E-state index contributed by atoms with van der Waals surface area (Å²) in [6.45, 7) is 1.89. The molecule has 0 unspecified atom stereocenters. The maximum Gasteiger partial charge on any atom is 0.276 e. The first-order valence-corrected chi connectivity index (χ1v) is 8.28. The Morgan fingerprint density at radius 3 is 2.26 bits per heavy atom. The summed E-state index contributed by atoms with van der Waals surface area (Å²) in [4.78, 5) is 2.34. The Balaban J connectivity index is 2.13. The molecule has 0 spiro atoms. The molecule has 0 aliphatic carbocycles. The highest BCUT2D eigenvalue weighted by Gasteiger charge is 2.11. The molecule has 2 rings (SSSR count). The smallest absolute Gasteiger partial charge is 0.276 e. The number of aryl methyl sites for hydroxylation is 1. The van der Waals surface area contributed by atoms with E-state index in [-0.39, 0.29) is 4.90 Å². The van der Waals surface area contributed by atoms with Gasteiger partial charge in [0.25, 0.3) is 10.0 Å². The number of hydrogen-bond acceptors (Lipinski definition) is 5. The summed E-state index contributed by atoms with van der Waals surface area (Å²) in [5.74, 6) is 1.13. The maximum absolute atomic E-state index is 12.1. The van der Waals surface area contributed by atoms with E-state index in [1.54, 1.807) is 37.4 Å². The van der Waals surface area contributed by atoms with Gasteiger partial charge >= 0.3 is 0 Å². The number of rotatable bonds is 6. The van der Waals surface area contributed by atoms with Crippen molar-refractivity contribution < 1.29 is 17.9 Å². The minimum Gasteiger partial charge on any atom is -0.493 e. The molecule has 0 aliphatic rings. The van der Waals surface area contributed by atoms with E-state index in [1.807, 2.05) is 6.92 Å². The van der Waals surface area contributed by atoms with Gasteiger partial charge in [0.2, 0.25) is 0 Å². The normalized spacial score (nSPS) is 11.4. The van der Waals surface area contributed by atoms with Gasteiger partial charge < -0.3 is 9.47 Å². The summed E-state index contributed by atoms with van der Waals surface area (Å²) in [5.41, 5.74) is 1.66. The Hall–Kier alpha value is -2.54. The first-order chi connectivity index (χ1) is 11.0. The SMILES string of the molecule is COc1ccc(/C=N/NS(=O)(=O)c2ccc(C)cc2)cc1OC. The highest BCUT2D eigenvalue weighted by Crippen LogP contribution is 2.26. The standard InChI is InChI=1S/C16H18N2O4S/c1-12-4-7-14(8-5-12)23(19,20)18-17-11-13-6-9-15(21-2)16(10-13)22-3/h4-11,18H,1-3H3/b17-11+. The zero-order valence-corrected chi connectivity index (χ0v) is 13.9. The highest BCUT2D eigenvalue weighted by atomic mass is 32.2. The van der Waals surface area contributed by atoms with E-state index in [0.29, 0.717) is 17.1 Å². The molecule has 2 aromatic rings. The molecule has 23 heavy (non-hydrogen) atoms. The molecule has 0 aromatic heterocycles. The van der Waals surface area contributed by atoms with E-state index < -0.39 is 10.0 Å². The van der Waals surface area contributed by atoms with Gasteiger partial charge in [0.05, 0.1) is 25.3 Å². The van der Waals surface area contributed by atoms with Gasteiger partial charge in [-0.3, -0.25) is 0 Å². The highest BCUT2D eigenvalue weighted by molar-refractivity contribution is 7.89. The quantitative estimate of drug-likeness (QED) is 0.650. The van der Waals surface area contributed by atoms with E-state index in [1.165, 1.54) is 25.5 Å². The first kappa shape index (κ1) is 16.8. The van der Waals surface area contributed by atoms with Crippen LogP contribution in [0.2, 0.25) is 0 Å². The van der Waals surface area contributed by atoms with Crippen molar-refractivity contribution in [3.05, 3.63) is 53.6 Å². The molecule has 0 bridgehead atoms. The van der Waals surface area contributed by atoms with Crippen LogP contribution in [0.3, 0.4) is 0 Å². The lowest BCUT2D eigenvalue weighted by Crippen LogP contribution is -2.18. The minimum atomic E-state index is -3.68. The fourth-order valence-electron chi connectivity index (χ4n) is 1.87. The molecule has 0 heterocycles. The second-order valence-electron chi connectivity index (χ2n) is 4.78. The van der Waals surface area contributed by atoms with E-state index >= 15 is 0 Å². The number of hydrazone groups is 1. The van der Waals surface area contributed by atoms with Crippen molar-refractivity contribution in [2.75, 3.05) is 14.2 Å². The minimum absolute atomic E-state index is 0.160. The number of ether oxygens (including phenoxy) is 2. The van der Waals surface area contributed by atoms with Crippen molar-refractivity contribution in [3.8, 4) is 11.5 Å². The fourth-order valence-corrected chi connectivity index (χ4v) is 2.66. The van der Waals surface area contributed by atoms with Crippen LogP contribution in [0.4, 0.5) is 0 Å². The van der Waals surface area contributed by atoms with Gasteiger partial charge in [0, 0.05) is 0 Å². The molecular weight excluding hydrogens is 316 g/mol. The number of methoxy groups -OCH3 is 2.